The fraction of sp³-hybridized carbons (Fsp3) is 0.333. The van der Waals surface area contributed by atoms with Crippen molar-refractivity contribution in [3.63, 3.8) is 0 Å². The van der Waals surface area contributed by atoms with Crippen molar-refractivity contribution in [1.29, 1.82) is 0 Å². The van der Waals surface area contributed by atoms with Gasteiger partial charge in [-0.1, -0.05) is 32.1 Å². The van der Waals surface area contributed by atoms with Crippen LogP contribution in [0.5, 0.6) is 11.5 Å². The molecule has 0 spiro atoms. The quantitative estimate of drug-likeness (QED) is 0.103. The number of nitrogen functional groups attached to an aromatic ring is 1. The first-order valence-electron chi connectivity index (χ1n) is 15.7. The third-order valence-electron chi connectivity index (χ3n) is 8.71. The number of anilines is 1. The van der Waals surface area contributed by atoms with Crippen molar-refractivity contribution in [3.8, 4) is 11.5 Å². The van der Waals surface area contributed by atoms with E-state index in [1.54, 1.807) is 6.08 Å². The van der Waals surface area contributed by atoms with Crippen molar-refractivity contribution in [2.24, 2.45) is 16.8 Å². The first-order valence-corrected chi connectivity index (χ1v) is 15.7. The number of aliphatic imine (C=N–C) groups is 1. The van der Waals surface area contributed by atoms with Crippen LogP contribution in [0.2, 0.25) is 0 Å². The number of allylic oxidation sites excluding steroid dienone is 5. The molecule has 1 saturated heterocycles. The summed E-state index contributed by atoms with van der Waals surface area (Å²) in [4.78, 5) is 27.8. The molecule has 3 atom stereocenters. The Kier molecular flexibility index (Phi) is 10.7. The van der Waals surface area contributed by atoms with E-state index in [0.717, 1.165) is 24.5 Å². The van der Waals surface area contributed by atoms with Gasteiger partial charge in [-0.25, -0.2) is 23.1 Å². The lowest BCUT2D eigenvalue weighted by molar-refractivity contribution is -0.125. The lowest BCUT2D eigenvalue weighted by atomic mass is 9.85. The number of carbonyl (C=O) groups excluding carboxylic acids is 1. The van der Waals surface area contributed by atoms with E-state index in [2.05, 4.69) is 34.0 Å². The van der Waals surface area contributed by atoms with Gasteiger partial charge in [0.25, 0.3) is 0 Å². The van der Waals surface area contributed by atoms with Crippen LogP contribution >= 0.6 is 0 Å². The van der Waals surface area contributed by atoms with Gasteiger partial charge in [0.15, 0.2) is 11.6 Å². The van der Waals surface area contributed by atoms with E-state index in [1.165, 1.54) is 25.5 Å². The van der Waals surface area contributed by atoms with E-state index in [1.807, 2.05) is 24.0 Å². The van der Waals surface area contributed by atoms with Gasteiger partial charge in [0, 0.05) is 49.8 Å². The number of hydrogen-bond acceptors (Lipinski definition) is 6. The number of ether oxygens (including phenoxy) is 1. The minimum atomic E-state index is -1.76. The van der Waals surface area contributed by atoms with Crippen molar-refractivity contribution in [2.45, 2.75) is 45.4 Å². The maximum atomic E-state index is 15.6. The number of likely N-dealkylation sites (tertiary alicyclic amines) is 1. The number of amides is 1. The molecule has 7 nitrogen and oxygen atoms in total. The molecule has 5 rings (SSSR count). The molecule has 2 unspecified atom stereocenters. The second-order valence-corrected chi connectivity index (χ2v) is 12.0. The van der Waals surface area contributed by atoms with Gasteiger partial charge in [0.2, 0.25) is 23.3 Å². The Morgan fingerprint density at radius 2 is 1.88 bits per heavy atom. The Bertz CT molecular complexity index is 1800. The molecule has 1 aliphatic carbocycles. The van der Waals surface area contributed by atoms with Crippen molar-refractivity contribution in [1.82, 2.24) is 14.9 Å². The van der Waals surface area contributed by atoms with E-state index in [9.17, 15) is 22.4 Å². The smallest absolute Gasteiger partial charge is 0.246 e. The molecule has 1 aromatic heterocycles. The highest BCUT2D eigenvalue weighted by atomic mass is 19.2. The van der Waals surface area contributed by atoms with Crippen molar-refractivity contribution in [2.75, 3.05) is 25.9 Å². The van der Waals surface area contributed by atoms with E-state index in [4.69, 9.17) is 10.5 Å². The molecule has 0 saturated carbocycles. The standard InChI is InChI=1S/C36H36F5N5O2/c1-4-23(15-22-13-14-46(18-22)29(47)12-9-21-7-5-20(2)6-8-21)33-30(36(42)45-19-44-33)34(43-3)25-11-10-24(16-26(25)37)48-35-31(40)27(38)17-28(39)32(35)41/h5,7-12,16-17,19-20,22-23H,4,6,13-15,18H2,1-3H3,(H2,42,44,45)/b12-9+,43-34?/t20?,22-,23?/m0/s1. The van der Waals surface area contributed by atoms with E-state index >= 15 is 4.39 Å². The van der Waals surface area contributed by atoms with Crippen LogP contribution in [0.25, 0.3) is 0 Å². The highest BCUT2D eigenvalue weighted by Crippen LogP contribution is 2.36. The first kappa shape index (κ1) is 34.5. The molecule has 2 N–H and O–H groups in total. The van der Waals surface area contributed by atoms with Gasteiger partial charge in [-0.05, 0) is 61.3 Å². The molecule has 252 valence electrons. The zero-order valence-electron chi connectivity index (χ0n) is 26.8. The molecule has 1 fully saturated rings. The van der Waals surface area contributed by atoms with Gasteiger partial charge >= 0.3 is 0 Å². The molecule has 2 heterocycles. The van der Waals surface area contributed by atoms with Crippen LogP contribution in [-0.4, -0.2) is 46.6 Å². The van der Waals surface area contributed by atoms with Gasteiger partial charge in [0.1, 0.15) is 23.7 Å². The summed E-state index contributed by atoms with van der Waals surface area (Å²) in [5.74, 6) is -8.89. The van der Waals surface area contributed by atoms with Crippen LogP contribution in [0.4, 0.5) is 27.8 Å². The van der Waals surface area contributed by atoms with Crippen LogP contribution in [0.15, 0.2) is 71.5 Å². The average molecular weight is 666 g/mol. The summed E-state index contributed by atoms with van der Waals surface area (Å²) in [6.07, 6.45) is 14.2. The van der Waals surface area contributed by atoms with Gasteiger partial charge in [-0.15, -0.1) is 0 Å². The van der Waals surface area contributed by atoms with Gasteiger partial charge in [-0.2, -0.15) is 8.78 Å². The number of nitrogens with two attached hydrogens (primary N) is 1. The zero-order chi connectivity index (χ0) is 34.5. The predicted octanol–water partition coefficient (Wildman–Crippen LogP) is 7.82. The second kappa shape index (κ2) is 14.9. The second-order valence-electron chi connectivity index (χ2n) is 12.0. The van der Waals surface area contributed by atoms with Gasteiger partial charge < -0.3 is 15.4 Å². The van der Waals surface area contributed by atoms with Crippen LogP contribution < -0.4 is 10.5 Å². The molecule has 1 aliphatic heterocycles. The summed E-state index contributed by atoms with van der Waals surface area (Å²) in [5, 5.41) is 0. The Morgan fingerprint density at radius 3 is 2.52 bits per heavy atom. The number of rotatable bonds is 10. The van der Waals surface area contributed by atoms with Crippen LogP contribution in [-0.2, 0) is 4.79 Å². The lowest BCUT2D eigenvalue weighted by Gasteiger charge is -2.23. The fourth-order valence-electron chi connectivity index (χ4n) is 6.08. The zero-order valence-corrected chi connectivity index (χ0v) is 26.8. The number of carbonyl (C=O) groups is 1. The Hall–Kier alpha value is -4.87. The number of hydrogen-bond donors (Lipinski definition) is 1. The van der Waals surface area contributed by atoms with Gasteiger partial charge in [0.05, 0.1) is 17.0 Å². The summed E-state index contributed by atoms with van der Waals surface area (Å²) in [6.45, 7) is 5.36. The fourth-order valence-corrected chi connectivity index (χ4v) is 6.08. The topological polar surface area (TPSA) is 93.7 Å². The monoisotopic (exact) mass is 665 g/mol. The lowest BCUT2D eigenvalue weighted by Crippen LogP contribution is -2.27. The average Bonchev–Trinajstić information content (AvgIpc) is 3.55. The predicted molar refractivity (Wildman–Crippen MR) is 173 cm³/mol. The molecular formula is C36H36F5N5O2. The third-order valence-corrected chi connectivity index (χ3v) is 8.71. The van der Waals surface area contributed by atoms with E-state index in [0.29, 0.717) is 43.1 Å². The van der Waals surface area contributed by atoms with Crippen molar-refractivity contribution in [3.05, 3.63) is 112 Å². The van der Waals surface area contributed by atoms with Crippen LogP contribution in [0.1, 0.15) is 62.3 Å². The van der Waals surface area contributed by atoms with Crippen LogP contribution in [0, 0.1) is 40.9 Å². The maximum absolute atomic E-state index is 15.6. The Labute approximate surface area is 275 Å². The number of halogens is 5. The Morgan fingerprint density at radius 1 is 1.12 bits per heavy atom. The minimum Gasteiger partial charge on any atom is -0.451 e. The third kappa shape index (κ3) is 7.48. The summed E-state index contributed by atoms with van der Waals surface area (Å²) in [7, 11) is 1.45. The number of nitrogens with zero attached hydrogens (tertiary/aromatic N) is 4. The summed E-state index contributed by atoms with van der Waals surface area (Å²) in [5.41, 5.74) is 8.37. The van der Waals surface area contributed by atoms with E-state index in [-0.39, 0.29) is 40.9 Å². The Balaban J connectivity index is 1.34. The number of aromatic nitrogens is 2. The molecule has 0 radical (unpaired) electrons. The van der Waals surface area contributed by atoms with Crippen molar-refractivity contribution < 1.29 is 31.5 Å². The molecule has 48 heavy (non-hydrogen) atoms. The normalized spacial score (nSPS) is 18.8. The highest BCUT2D eigenvalue weighted by Gasteiger charge is 2.31. The maximum Gasteiger partial charge on any atom is 0.246 e. The molecule has 12 heteroatoms. The largest absolute Gasteiger partial charge is 0.451 e. The summed E-state index contributed by atoms with van der Waals surface area (Å²) in [6, 6.07) is 3.30. The first-order chi connectivity index (χ1) is 23.0. The van der Waals surface area contributed by atoms with Crippen LogP contribution in [0.3, 0.4) is 0 Å². The van der Waals surface area contributed by atoms with Gasteiger partial charge in [-0.3, -0.25) is 9.79 Å². The van der Waals surface area contributed by atoms with E-state index < -0.39 is 40.6 Å². The molecule has 3 aromatic rings. The number of benzene rings is 2. The molecule has 0 bridgehead atoms. The molecule has 1 amide bonds. The molecule has 2 aliphatic rings. The highest BCUT2D eigenvalue weighted by molar-refractivity contribution is 6.16. The summed E-state index contributed by atoms with van der Waals surface area (Å²) >= 11 is 0. The molecular weight excluding hydrogens is 629 g/mol. The molecule has 2 aromatic carbocycles. The summed E-state index contributed by atoms with van der Waals surface area (Å²) < 4.78 is 76.3. The minimum absolute atomic E-state index is 0.0318. The SMILES string of the molecule is CCC(C[C@@H]1CCN(C(=O)/C=C/C2=CCC(C)C=C2)C1)c1ncnc(N)c1C(=NC)c1ccc(Oc2c(F)c(F)cc(F)c2F)cc1F. The van der Waals surface area contributed by atoms with Crippen molar-refractivity contribution >= 4 is 17.4 Å².